The normalized spacial score (nSPS) is 11.5. The van der Waals surface area contributed by atoms with Crippen LogP contribution in [0.25, 0.3) is 28.7 Å². The van der Waals surface area contributed by atoms with Crippen LogP contribution in [0, 0.1) is 6.92 Å². The summed E-state index contributed by atoms with van der Waals surface area (Å²) in [6.07, 6.45) is 3.50. The van der Waals surface area contributed by atoms with Crippen molar-refractivity contribution in [1.29, 1.82) is 0 Å². The monoisotopic (exact) mass is 396 g/mol. The summed E-state index contributed by atoms with van der Waals surface area (Å²) >= 11 is 12.6. The second-order valence-corrected chi connectivity index (χ2v) is 6.78. The van der Waals surface area contributed by atoms with Crippen molar-refractivity contribution in [2.45, 2.75) is 6.92 Å². The van der Waals surface area contributed by atoms with Crippen LogP contribution in [0.1, 0.15) is 17.1 Å². The van der Waals surface area contributed by atoms with E-state index in [2.05, 4.69) is 15.1 Å². The predicted octanol–water partition coefficient (Wildman–Crippen LogP) is 4.89. The Bertz CT molecular complexity index is 1240. The lowest BCUT2D eigenvalue weighted by atomic mass is 10.2. The Labute approximate surface area is 164 Å². The minimum atomic E-state index is -0.183. The fourth-order valence-corrected chi connectivity index (χ4v) is 3.34. The summed E-state index contributed by atoms with van der Waals surface area (Å²) in [6, 6.07) is 14.5. The summed E-state index contributed by atoms with van der Waals surface area (Å²) in [5, 5.41) is 6.09. The average molecular weight is 397 g/mol. The van der Waals surface area contributed by atoms with Gasteiger partial charge in [0.25, 0.3) is 5.56 Å². The highest BCUT2D eigenvalue weighted by molar-refractivity contribution is 6.32. The van der Waals surface area contributed by atoms with Gasteiger partial charge in [0, 0.05) is 10.6 Å². The van der Waals surface area contributed by atoms with Crippen LogP contribution in [0.5, 0.6) is 0 Å². The van der Waals surface area contributed by atoms with Crippen LogP contribution < -0.4 is 5.56 Å². The number of aromatic nitrogens is 4. The van der Waals surface area contributed by atoms with Gasteiger partial charge in [-0.05, 0) is 49.4 Å². The molecule has 0 amide bonds. The molecule has 0 aliphatic heterocycles. The summed E-state index contributed by atoms with van der Waals surface area (Å²) in [7, 11) is 0. The van der Waals surface area contributed by atoms with Gasteiger partial charge in [-0.1, -0.05) is 41.4 Å². The van der Waals surface area contributed by atoms with Crippen LogP contribution in [-0.2, 0) is 0 Å². The van der Waals surface area contributed by atoms with Crippen LogP contribution >= 0.6 is 23.2 Å². The highest BCUT2D eigenvalue weighted by atomic mass is 35.5. The van der Waals surface area contributed by atoms with Crippen LogP contribution in [0.3, 0.4) is 0 Å². The molecule has 0 aliphatic carbocycles. The van der Waals surface area contributed by atoms with E-state index in [1.165, 1.54) is 0 Å². The zero-order valence-electron chi connectivity index (χ0n) is 14.3. The molecule has 0 bridgehead atoms. The summed E-state index contributed by atoms with van der Waals surface area (Å²) < 4.78 is 1.62. The number of nitrogens with one attached hydrogen (secondary N) is 1. The first-order valence-electron chi connectivity index (χ1n) is 8.21. The molecule has 4 aromatic rings. The summed E-state index contributed by atoms with van der Waals surface area (Å²) in [6.45, 7) is 1.86. The third-order valence-corrected chi connectivity index (χ3v) is 4.74. The van der Waals surface area contributed by atoms with Gasteiger partial charge in [0.05, 0.1) is 22.3 Å². The molecule has 0 aliphatic rings. The Balaban J connectivity index is 1.74. The van der Waals surface area contributed by atoms with Crippen molar-refractivity contribution < 1.29 is 0 Å². The van der Waals surface area contributed by atoms with Crippen LogP contribution in [-0.4, -0.2) is 19.7 Å². The Morgan fingerprint density at radius 3 is 2.70 bits per heavy atom. The molecule has 0 fully saturated rings. The Hall–Kier alpha value is -2.89. The third-order valence-electron chi connectivity index (χ3n) is 4.14. The third kappa shape index (κ3) is 3.39. The minimum absolute atomic E-state index is 0.183. The highest BCUT2D eigenvalue weighted by Gasteiger charge is 2.13. The van der Waals surface area contributed by atoms with Crippen LogP contribution in [0.4, 0.5) is 0 Å². The number of fused-ring (bicyclic) bond motifs is 1. The number of halogens is 2. The van der Waals surface area contributed by atoms with Gasteiger partial charge in [-0.15, -0.1) is 0 Å². The molecule has 134 valence electrons. The van der Waals surface area contributed by atoms with Crippen molar-refractivity contribution in [3.05, 3.63) is 86.1 Å². The lowest BCUT2D eigenvalue weighted by molar-refractivity contribution is 0.863. The molecule has 2 aromatic heterocycles. The topological polar surface area (TPSA) is 63.6 Å². The van der Waals surface area contributed by atoms with Crippen LogP contribution in [0.2, 0.25) is 10.2 Å². The molecule has 5 nitrogen and oxygen atoms in total. The smallest absolute Gasteiger partial charge is 0.259 e. The lowest BCUT2D eigenvalue weighted by Gasteiger charge is -2.03. The lowest BCUT2D eigenvalue weighted by Crippen LogP contribution is -2.09. The highest BCUT2D eigenvalue weighted by Crippen LogP contribution is 2.26. The van der Waals surface area contributed by atoms with E-state index in [1.54, 1.807) is 41.1 Å². The van der Waals surface area contributed by atoms with Crippen LogP contribution in [0.15, 0.2) is 53.3 Å². The molecule has 0 unspecified atom stereocenters. The molecule has 0 saturated heterocycles. The molecule has 0 spiro atoms. The fraction of sp³-hybridized carbons (Fsp3) is 0.0500. The van der Waals surface area contributed by atoms with E-state index >= 15 is 0 Å². The number of rotatable bonds is 3. The van der Waals surface area contributed by atoms with E-state index in [0.717, 1.165) is 16.9 Å². The Morgan fingerprint density at radius 2 is 1.89 bits per heavy atom. The maximum atomic E-state index is 12.2. The molecule has 27 heavy (non-hydrogen) atoms. The van der Waals surface area contributed by atoms with Gasteiger partial charge in [-0.3, -0.25) is 4.79 Å². The van der Waals surface area contributed by atoms with Gasteiger partial charge in [0.15, 0.2) is 0 Å². The van der Waals surface area contributed by atoms with E-state index in [4.69, 9.17) is 23.2 Å². The van der Waals surface area contributed by atoms with Crippen molar-refractivity contribution in [2.75, 3.05) is 0 Å². The number of aromatic amines is 1. The largest absolute Gasteiger partial charge is 0.306 e. The number of nitrogens with zero attached hydrogens (tertiary/aromatic N) is 3. The standard InChI is InChI=1S/C20H14Cl2N4O/c1-12-15(19(22)26(25-12)14-6-4-5-13(21)11-14)9-10-18-23-17-8-3-2-7-16(17)20(27)24-18/h2-11H,1H3,(H,23,24,27). The maximum absolute atomic E-state index is 12.2. The number of hydrogen-bond acceptors (Lipinski definition) is 3. The first-order valence-corrected chi connectivity index (χ1v) is 8.97. The zero-order valence-corrected chi connectivity index (χ0v) is 15.8. The molecule has 0 atom stereocenters. The summed E-state index contributed by atoms with van der Waals surface area (Å²) in [5.74, 6) is 0.449. The quantitative estimate of drug-likeness (QED) is 0.535. The van der Waals surface area contributed by atoms with Gasteiger partial charge in [-0.25, -0.2) is 9.67 Å². The SMILES string of the molecule is Cc1nn(-c2cccc(Cl)c2)c(Cl)c1C=Cc1nc2ccccc2c(=O)[nH]1. The molecule has 0 saturated carbocycles. The molecular formula is C20H14Cl2N4O. The number of para-hydroxylation sites is 1. The van der Waals surface area contributed by atoms with Crippen molar-refractivity contribution in [1.82, 2.24) is 19.7 Å². The van der Waals surface area contributed by atoms with Crippen molar-refractivity contribution in [3.8, 4) is 5.69 Å². The van der Waals surface area contributed by atoms with E-state index in [9.17, 15) is 4.79 Å². The first-order chi connectivity index (χ1) is 13.0. The molecule has 2 heterocycles. The minimum Gasteiger partial charge on any atom is -0.306 e. The van der Waals surface area contributed by atoms with Gasteiger partial charge in [0.1, 0.15) is 11.0 Å². The number of aryl methyl sites for hydroxylation is 1. The number of H-pyrrole nitrogens is 1. The van der Waals surface area contributed by atoms with Crippen molar-refractivity contribution in [2.24, 2.45) is 0 Å². The van der Waals surface area contributed by atoms with Gasteiger partial charge >= 0.3 is 0 Å². The molecule has 4 rings (SSSR count). The van der Waals surface area contributed by atoms with E-state index in [1.807, 2.05) is 31.2 Å². The van der Waals surface area contributed by atoms with E-state index in [0.29, 0.717) is 26.9 Å². The summed E-state index contributed by atoms with van der Waals surface area (Å²) in [4.78, 5) is 19.4. The molecule has 0 radical (unpaired) electrons. The molecular weight excluding hydrogens is 383 g/mol. The molecule has 7 heteroatoms. The Kier molecular flexibility index (Phi) is 4.56. The first kappa shape index (κ1) is 17.5. The van der Waals surface area contributed by atoms with Gasteiger partial charge in [-0.2, -0.15) is 5.10 Å². The van der Waals surface area contributed by atoms with Gasteiger partial charge in [0.2, 0.25) is 0 Å². The molecule has 2 aromatic carbocycles. The molecule has 1 N–H and O–H groups in total. The number of hydrogen-bond donors (Lipinski definition) is 1. The van der Waals surface area contributed by atoms with E-state index < -0.39 is 0 Å². The van der Waals surface area contributed by atoms with E-state index in [-0.39, 0.29) is 5.56 Å². The predicted molar refractivity (Wildman–Crippen MR) is 110 cm³/mol. The fourth-order valence-electron chi connectivity index (χ4n) is 2.83. The van der Waals surface area contributed by atoms with Gasteiger partial charge < -0.3 is 4.98 Å². The van der Waals surface area contributed by atoms with Crippen molar-refractivity contribution >= 4 is 46.3 Å². The Morgan fingerprint density at radius 1 is 1.07 bits per heavy atom. The second kappa shape index (κ2) is 7.02. The van der Waals surface area contributed by atoms with Crippen molar-refractivity contribution in [3.63, 3.8) is 0 Å². The zero-order chi connectivity index (χ0) is 19.0. The summed E-state index contributed by atoms with van der Waals surface area (Å²) in [5.41, 5.74) is 2.72. The number of benzene rings is 2. The average Bonchev–Trinajstić information content (AvgIpc) is 2.94. The second-order valence-electron chi connectivity index (χ2n) is 5.98. The maximum Gasteiger partial charge on any atom is 0.259 e.